The van der Waals surface area contributed by atoms with Gasteiger partial charge in [-0.3, -0.25) is 0 Å². The fourth-order valence-electron chi connectivity index (χ4n) is 6.45. The molecule has 0 heterocycles. The smallest absolute Gasteiger partial charge is 0.0543 e. The van der Waals surface area contributed by atoms with Gasteiger partial charge in [-0.1, -0.05) is 12.8 Å². The first-order valence-corrected chi connectivity index (χ1v) is 8.51. The zero-order valence-electron chi connectivity index (χ0n) is 11.6. The van der Waals surface area contributed by atoms with Crippen molar-refractivity contribution in [3.63, 3.8) is 0 Å². The van der Waals surface area contributed by atoms with Crippen LogP contribution in [0.5, 0.6) is 0 Å². The highest BCUT2D eigenvalue weighted by Gasteiger charge is 2.49. The van der Waals surface area contributed by atoms with Gasteiger partial charge in [0.1, 0.15) is 0 Å². The molecule has 4 aliphatic rings. The van der Waals surface area contributed by atoms with Crippen LogP contribution in [0, 0.1) is 35.5 Å². The molecule has 1 N–H and O–H groups in total. The lowest BCUT2D eigenvalue weighted by atomic mass is 9.53. The molecule has 0 saturated heterocycles. The van der Waals surface area contributed by atoms with Crippen molar-refractivity contribution in [3.8, 4) is 0 Å². The van der Waals surface area contributed by atoms with Gasteiger partial charge in [-0.15, -0.1) is 0 Å². The van der Waals surface area contributed by atoms with Crippen molar-refractivity contribution in [2.24, 2.45) is 35.5 Å². The zero-order chi connectivity index (χ0) is 12.1. The van der Waals surface area contributed by atoms with Crippen molar-refractivity contribution in [2.45, 2.75) is 70.3 Å². The third-order valence-corrected chi connectivity index (χ3v) is 7.12. The van der Waals surface area contributed by atoms with Gasteiger partial charge in [0.25, 0.3) is 0 Å². The van der Waals surface area contributed by atoms with Gasteiger partial charge in [0.05, 0.1) is 6.10 Å². The SMILES string of the molecule is O[C@@H]1CCC2[C@@H](CCC3[C@@H]4CCCC4CC[C@H]23)C1. The molecule has 0 radical (unpaired) electrons. The third-order valence-electron chi connectivity index (χ3n) is 7.12. The van der Waals surface area contributed by atoms with Gasteiger partial charge >= 0.3 is 0 Å². The summed E-state index contributed by atoms with van der Waals surface area (Å²) in [6, 6.07) is 0. The number of hydrogen-bond donors (Lipinski definition) is 1. The highest BCUT2D eigenvalue weighted by Crippen LogP contribution is 2.57. The van der Waals surface area contributed by atoms with Gasteiger partial charge in [-0.2, -0.15) is 0 Å². The minimum atomic E-state index is 0.0330. The molecule has 3 unspecified atom stereocenters. The lowest BCUT2D eigenvalue weighted by molar-refractivity contribution is -0.0457. The van der Waals surface area contributed by atoms with Gasteiger partial charge in [0, 0.05) is 0 Å². The van der Waals surface area contributed by atoms with E-state index in [4.69, 9.17) is 0 Å². The molecule has 4 fully saturated rings. The summed E-state index contributed by atoms with van der Waals surface area (Å²) in [6.45, 7) is 0. The predicted octanol–water partition coefficient (Wildman–Crippen LogP) is 4.00. The van der Waals surface area contributed by atoms with Gasteiger partial charge in [0.15, 0.2) is 0 Å². The fourth-order valence-corrected chi connectivity index (χ4v) is 6.45. The number of aliphatic hydroxyl groups excluding tert-OH is 1. The fraction of sp³-hybridized carbons (Fsp3) is 1.00. The molecular formula is C17H28O. The van der Waals surface area contributed by atoms with Crippen LogP contribution in [0.3, 0.4) is 0 Å². The summed E-state index contributed by atoms with van der Waals surface area (Å²) in [4.78, 5) is 0. The van der Waals surface area contributed by atoms with Crippen molar-refractivity contribution in [1.29, 1.82) is 0 Å². The van der Waals surface area contributed by atoms with Crippen LogP contribution in [0.2, 0.25) is 0 Å². The maximum atomic E-state index is 9.89. The summed E-state index contributed by atoms with van der Waals surface area (Å²) in [6.07, 6.45) is 14.2. The van der Waals surface area contributed by atoms with E-state index >= 15 is 0 Å². The van der Waals surface area contributed by atoms with Crippen LogP contribution < -0.4 is 0 Å². The standard InChI is InChI=1S/C17H28O/c18-13-6-9-15-12(10-13)5-8-16-14-3-1-2-11(14)4-7-17(15)16/h11-18H,1-10H2/t11?,12-,13+,14+,15?,16?,17+/m0/s1. The molecule has 0 aliphatic heterocycles. The number of aliphatic hydroxyl groups is 1. The van der Waals surface area contributed by atoms with E-state index in [-0.39, 0.29) is 6.10 Å². The molecule has 4 rings (SSSR count). The molecule has 7 atom stereocenters. The van der Waals surface area contributed by atoms with E-state index < -0.39 is 0 Å². The topological polar surface area (TPSA) is 20.2 Å². The lowest BCUT2D eigenvalue weighted by Crippen LogP contribution is -2.45. The Morgan fingerprint density at radius 2 is 1.22 bits per heavy atom. The van der Waals surface area contributed by atoms with Crippen LogP contribution in [0.25, 0.3) is 0 Å². The summed E-state index contributed by atoms with van der Waals surface area (Å²) < 4.78 is 0. The van der Waals surface area contributed by atoms with Gasteiger partial charge in [-0.05, 0) is 86.9 Å². The van der Waals surface area contributed by atoms with E-state index in [9.17, 15) is 5.11 Å². The van der Waals surface area contributed by atoms with Crippen molar-refractivity contribution >= 4 is 0 Å². The van der Waals surface area contributed by atoms with E-state index in [1.54, 1.807) is 12.8 Å². The van der Waals surface area contributed by atoms with E-state index in [1.165, 1.54) is 38.5 Å². The quantitative estimate of drug-likeness (QED) is 0.687. The molecule has 0 aromatic heterocycles. The Morgan fingerprint density at radius 3 is 2.06 bits per heavy atom. The molecular weight excluding hydrogens is 220 g/mol. The van der Waals surface area contributed by atoms with Crippen LogP contribution in [0.1, 0.15) is 64.2 Å². The molecule has 1 nitrogen and oxygen atoms in total. The minimum Gasteiger partial charge on any atom is -0.393 e. The second-order valence-electron chi connectivity index (χ2n) is 7.73. The Bertz CT molecular complexity index is 313. The molecule has 0 aromatic carbocycles. The molecule has 0 aromatic rings. The molecule has 4 saturated carbocycles. The Labute approximate surface area is 111 Å². The predicted molar refractivity (Wildman–Crippen MR) is 73.1 cm³/mol. The third kappa shape index (κ3) is 1.77. The Hall–Kier alpha value is -0.0400. The maximum absolute atomic E-state index is 9.89. The first kappa shape index (κ1) is 11.8. The highest BCUT2D eigenvalue weighted by atomic mass is 16.3. The molecule has 1 heteroatoms. The molecule has 18 heavy (non-hydrogen) atoms. The number of rotatable bonds is 0. The summed E-state index contributed by atoms with van der Waals surface area (Å²) in [5.74, 6) is 6.23. The molecule has 0 bridgehead atoms. The largest absolute Gasteiger partial charge is 0.393 e. The van der Waals surface area contributed by atoms with Gasteiger partial charge < -0.3 is 5.11 Å². The van der Waals surface area contributed by atoms with Crippen LogP contribution in [0.15, 0.2) is 0 Å². The van der Waals surface area contributed by atoms with Crippen molar-refractivity contribution < 1.29 is 5.11 Å². The number of fused-ring (bicyclic) bond motifs is 5. The van der Waals surface area contributed by atoms with Gasteiger partial charge in [0.2, 0.25) is 0 Å². The molecule has 4 aliphatic carbocycles. The summed E-state index contributed by atoms with van der Waals surface area (Å²) in [5, 5.41) is 9.89. The van der Waals surface area contributed by atoms with Crippen LogP contribution in [-0.4, -0.2) is 11.2 Å². The normalized spacial score (nSPS) is 55.5. The molecule has 0 spiro atoms. The Balaban J connectivity index is 1.53. The Kier molecular flexibility index (Phi) is 2.94. The van der Waals surface area contributed by atoms with E-state index in [2.05, 4.69) is 0 Å². The van der Waals surface area contributed by atoms with Crippen molar-refractivity contribution in [1.82, 2.24) is 0 Å². The Morgan fingerprint density at radius 1 is 0.556 bits per heavy atom. The highest BCUT2D eigenvalue weighted by molar-refractivity contribution is 4.99. The average molecular weight is 248 g/mol. The van der Waals surface area contributed by atoms with Crippen LogP contribution >= 0.6 is 0 Å². The summed E-state index contributed by atoms with van der Waals surface area (Å²) in [7, 11) is 0. The number of hydrogen-bond acceptors (Lipinski definition) is 1. The van der Waals surface area contributed by atoms with Crippen LogP contribution in [0.4, 0.5) is 0 Å². The molecule has 102 valence electrons. The van der Waals surface area contributed by atoms with E-state index in [0.717, 1.165) is 48.3 Å². The van der Waals surface area contributed by atoms with Crippen LogP contribution in [-0.2, 0) is 0 Å². The average Bonchev–Trinajstić information content (AvgIpc) is 2.86. The lowest BCUT2D eigenvalue weighted by Gasteiger charge is -2.52. The van der Waals surface area contributed by atoms with Crippen molar-refractivity contribution in [2.75, 3.05) is 0 Å². The monoisotopic (exact) mass is 248 g/mol. The zero-order valence-corrected chi connectivity index (χ0v) is 11.6. The second kappa shape index (κ2) is 4.51. The van der Waals surface area contributed by atoms with Gasteiger partial charge in [-0.25, -0.2) is 0 Å². The first-order chi connectivity index (χ1) is 8.83. The molecule has 0 amide bonds. The van der Waals surface area contributed by atoms with E-state index in [0.29, 0.717) is 0 Å². The minimum absolute atomic E-state index is 0.0330. The summed E-state index contributed by atoms with van der Waals surface area (Å²) in [5.41, 5.74) is 0. The summed E-state index contributed by atoms with van der Waals surface area (Å²) >= 11 is 0. The maximum Gasteiger partial charge on any atom is 0.0543 e. The first-order valence-electron chi connectivity index (χ1n) is 8.51. The van der Waals surface area contributed by atoms with Crippen molar-refractivity contribution in [3.05, 3.63) is 0 Å². The van der Waals surface area contributed by atoms with E-state index in [1.807, 2.05) is 0 Å². The second-order valence-corrected chi connectivity index (χ2v) is 7.73.